The van der Waals surface area contributed by atoms with Gasteiger partial charge in [-0.3, -0.25) is 4.79 Å². The summed E-state index contributed by atoms with van der Waals surface area (Å²) in [7, 11) is 1.59. The molecule has 0 saturated heterocycles. The van der Waals surface area contributed by atoms with Crippen LogP contribution in [0.5, 0.6) is 11.5 Å². The molecule has 0 saturated carbocycles. The van der Waals surface area contributed by atoms with Crippen LogP contribution >= 0.6 is 0 Å². The highest BCUT2D eigenvalue weighted by atomic mass is 16.5. The van der Waals surface area contributed by atoms with Gasteiger partial charge in [-0.25, -0.2) is 0 Å². The van der Waals surface area contributed by atoms with Crippen LogP contribution in [0.25, 0.3) is 0 Å². The molecule has 1 rings (SSSR count). The Morgan fingerprint density at radius 3 is 2.29 bits per heavy atom. The Balaban J connectivity index is 2.16. The Bertz CT molecular complexity index is 401. The first kappa shape index (κ1) is 17.5. The molecule has 0 aliphatic heterocycles. The zero-order valence-electron chi connectivity index (χ0n) is 13.4. The topological polar surface area (TPSA) is 35.5 Å². The van der Waals surface area contributed by atoms with Crippen molar-refractivity contribution in [2.45, 2.75) is 58.3 Å². The molecule has 0 aliphatic carbocycles. The maximum absolute atomic E-state index is 11.0. The molecule has 0 aliphatic rings. The first-order valence-electron chi connectivity index (χ1n) is 8.07. The molecular formula is C18H28O3. The van der Waals surface area contributed by atoms with E-state index in [4.69, 9.17) is 9.47 Å². The molecule has 21 heavy (non-hydrogen) atoms. The average molecular weight is 292 g/mol. The highest BCUT2D eigenvalue weighted by Crippen LogP contribution is 2.23. The minimum Gasteiger partial charge on any atom is -0.497 e. The van der Waals surface area contributed by atoms with Crippen molar-refractivity contribution in [3.63, 3.8) is 0 Å². The second-order valence-electron chi connectivity index (χ2n) is 5.34. The molecule has 0 unspecified atom stereocenters. The van der Waals surface area contributed by atoms with E-state index in [-0.39, 0.29) is 0 Å². The van der Waals surface area contributed by atoms with Crippen LogP contribution in [-0.2, 0) is 0 Å². The zero-order valence-corrected chi connectivity index (χ0v) is 13.4. The van der Waals surface area contributed by atoms with Crippen molar-refractivity contribution in [2.24, 2.45) is 0 Å². The van der Waals surface area contributed by atoms with Gasteiger partial charge in [-0.1, -0.05) is 51.9 Å². The van der Waals surface area contributed by atoms with Gasteiger partial charge in [0.2, 0.25) is 0 Å². The van der Waals surface area contributed by atoms with Crippen molar-refractivity contribution in [1.29, 1.82) is 0 Å². The van der Waals surface area contributed by atoms with Gasteiger partial charge < -0.3 is 9.47 Å². The van der Waals surface area contributed by atoms with Crippen LogP contribution in [-0.4, -0.2) is 20.0 Å². The van der Waals surface area contributed by atoms with Gasteiger partial charge in [0.25, 0.3) is 0 Å². The van der Waals surface area contributed by atoms with Gasteiger partial charge in [0.05, 0.1) is 19.3 Å². The zero-order chi connectivity index (χ0) is 15.3. The molecule has 0 aromatic heterocycles. The van der Waals surface area contributed by atoms with E-state index in [0.717, 1.165) is 12.7 Å². The number of unbranched alkanes of at least 4 members (excludes halogenated alkanes) is 7. The van der Waals surface area contributed by atoms with E-state index in [1.807, 2.05) is 6.07 Å². The molecule has 3 nitrogen and oxygen atoms in total. The lowest BCUT2D eigenvalue weighted by Crippen LogP contribution is -2.00. The predicted molar refractivity (Wildman–Crippen MR) is 86.5 cm³/mol. The number of ether oxygens (including phenoxy) is 2. The third kappa shape index (κ3) is 7.16. The molecular weight excluding hydrogens is 264 g/mol. The molecule has 1 aromatic carbocycles. The van der Waals surface area contributed by atoms with E-state index in [1.54, 1.807) is 19.2 Å². The molecule has 0 fully saturated rings. The summed E-state index contributed by atoms with van der Waals surface area (Å²) >= 11 is 0. The van der Waals surface area contributed by atoms with Gasteiger partial charge >= 0.3 is 0 Å². The van der Waals surface area contributed by atoms with E-state index in [1.165, 1.54) is 44.9 Å². The summed E-state index contributed by atoms with van der Waals surface area (Å²) in [6, 6.07) is 5.32. The fourth-order valence-corrected chi connectivity index (χ4v) is 2.30. The first-order chi connectivity index (χ1) is 10.3. The van der Waals surface area contributed by atoms with Gasteiger partial charge in [0, 0.05) is 0 Å². The lowest BCUT2D eigenvalue weighted by Gasteiger charge is -2.09. The molecule has 0 bridgehead atoms. The molecule has 118 valence electrons. The molecule has 0 N–H and O–H groups in total. The summed E-state index contributed by atoms with van der Waals surface area (Å²) in [5.41, 5.74) is 0.550. The largest absolute Gasteiger partial charge is 0.497 e. The summed E-state index contributed by atoms with van der Waals surface area (Å²) in [6.07, 6.45) is 11.0. The van der Waals surface area contributed by atoms with Crippen LogP contribution in [0.3, 0.4) is 0 Å². The summed E-state index contributed by atoms with van der Waals surface area (Å²) in [4.78, 5) is 11.0. The number of hydrogen-bond donors (Lipinski definition) is 0. The fraction of sp³-hybridized carbons (Fsp3) is 0.611. The number of rotatable bonds is 12. The van der Waals surface area contributed by atoms with E-state index in [2.05, 4.69) is 6.92 Å². The van der Waals surface area contributed by atoms with Crippen molar-refractivity contribution >= 4 is 6.29 Å². The Hall–Kier alpha value is -1.51. The summed E-state index contributed by atoms with van der Waals surface area (Å²) in [6.45, 7) is 2.91. The number of aldehydes is 1. The Kier molecular flexibility index (Phi) is 9.34. The Morgan fingerprint density at radius 1 is 1.00 bits per heavy atom. The highest BCUT2D eigenvalue weighted by Gasteiger charge is 2.04. The van der Waals surface area contributed by atoms with Gasteiger partial charge in [0.1, 0.15) is 11.5 Å². The quantitative estimate of drug-likeness (QED) is 0.400. The number of carbonyl (C=O) groups excluding carboxylic acids is 1. The fourth-order valence-electron chi connectivity index (χ4n) is 2.30. The maximum atomic E-state index is 11.0. The monoisotopic (exact) mass is 292 g/mol. The molecule has 0 heterocycles. The van der Waals surface area contributed by atoms with Gasteiger partial charge in [-0.2, -0.15) is 0 Å². The van der Waals surface area contributed by atoms with Crippen molar-refractivity contribution in [3.8, 4) is 11.5 Å². The van der Waals surface area contributed by atoms with Gasteiger partial charge in [-0.15, -0.1) is 0 Å². The highest BCUT2D eigenvalue weighted by molar-refractivity contribution is 5.80. The molecule has 0 spiro atoms. The van der Waals surface area contributed by atoms with Crippen molar-refractivity contribution in [2.75, 3.05) is 13.7 Å². The molecule has 0 radical (unpaired) electrons. The predicted octanol–water partition coefficient (Wildman–Crippen LogP) is 5.03. The average Bonchev–Trinajstić information content (AvgIpc) is 2.53. The third-order valence-electron chi connectivity index (χ3n) is 3.60. The summed E-state index contributed by atoms with van der Waals surface area (Å²) in [5.74, 6) is 1.32. The summed E-state index contributed by atoms with van der Waals surface area (Å²) < 4.78 is 10.8. The number of methoxy groups -OCH3 is 1. The van der Waals surface area contributed by atoms with Gasteiger partial charge in [-0.05, 0) is 24.6 Å². The van der Waals surface area contributed by atoms with Crippen LogP contribution in [0.15, 0.2) is 18.2 Å². The normalized spacial score (nSPS) is 10.4. The smallest absolute Gasteiger partial charge is 0.153 e. The van der Waals surface area contributed by atoms with Crippen LogP contribution in [0.2, 0.25) is 0 Å². The van der Waals surface area contributed by atoms with E-state index in [0.29, 0.717) is 23.7 Å². The van der Waals surface area contributed by atoms with Crippen LogP contribution < -0.4 is 9.47 Å². The van der Waals surface area contributed by atoms with E-state index >= 15 is 0 Å². The number of carbonyl (C=O) groups is 1. The first-order valence-corrected chi connectivity index (χ1v) is 8.07. The maximum Gasteiger partial charge on any atom is 0.153 e. The van der Waals surface area contributed by atoms with Crippen molar-refractivity contribution in [3.05, 3.63) is 23.8 Å². The molecule has 3 heteroatoms. The minimum atomic E-state index is 0.550. The lowest BCUT2D eigenvalue weighted by molar-refractivity contribution is 0.111. The van der Waals surface area contributed by atoms with E-state index < -0.39 is 0 Å². The minimum absolute atomic E-state index is 0.550. The molecule has 0 atom stereocenters. The number of hydrogen-bond acceptors (Lipinski definition) is 3. The third-order valence-corrected chi connectivity index (χ3v) is 3.60. The lowest BCUT2D eigenvalue weighted by atomic mass is 10.1. The van der Waals surface area contributed by atoms with Gasteiger partial charge in [0.15, 0.2) is 6.29 Å². The second-order valence-corrected chi connectivity index (χ2v) is 5.34. The standard InChI is InChI=1S/C18H28O3/c1-3-4-5-6-7-8-9-10-13-21-18-12-11-17(20-2)14-16(18)15-19/h11-12,14-15H,3-10,13H2,1-2H3. The van der Waals surface area contributed by atoms with Crippen LogP contribution in [0, 0.1) is 0 Å². The van der Waals surface area contributed by atoms with Crippen molar-refractivity contribution < 1.29 is 14.3 Å². The Labute approximate surface area is 128 Å². The molecule has 0 amide bonds. The van der Waals surface area contributed by atoms with Crippen molar-refractivity contribution in [1.82, 2.24) is 0 Å². The van der Waals surface area contributed by atoms with E-state index in [9.17, 15) is 4.79 Å². The second kappa shape index (κ2) is 11.2. The summed E-state index contributed by atoms with van der Waals surface area (Å²) in [5, 5.41) is 0. The molecule has 1 aromatic rings. The van der Waals surface area contributed by atoms with Crippen LogP contribution in [0.4, 0.5) is 0 Å². The number of benzene rings is 1. The Morgan fingerprint density at radius 2 is 1.67 bits per heavy atom. The SMILES string of the molecule is CCCCCCCCCCOc1ccc(OC)cc1C=O. The van der Waals surface area contributed by atoms with Crippen LogP contribution in [0.1, 0.15) is 68.6 Å².